The fourth-order valence-electron chi connectivity index (χ4n) is 3.02. The molecule has 2 heterocycles. The molecule has 0 amide bonds. The third-order valence-electron chi connectivity index (χ3n) is 4.15. The van der Waals surface area contributed by atoms with Crippen molar-refractivity contribution in [2.24, 2.45) is 5.41 Å². The molecule has 1 aromatic rings. The van der Waals surface area contributed by atoms with E-state index >= 15 is 0 Å². The average molecular weight is 296 g/mol. The summed E-state index contributed by atoms with van der Waals surface area (Å²) in [5.41, 5.74) is 0.722. The van der Waals surface area contributed by atoms with Crippen molar-refractivity contribution in [3.05, 3.63) is 34.9 Å². The molecule has 2 fully saturated rings. The van der Waals surface area contributed by atoms with E-state index in [1.165, 1.54) is 0 Å². The lowest BCUT2D eigenvalue weighted by atomic mass is 9.83. The molecule has 2 saturated heterocycles. The lowest BCUT2D eigenvalue weighted by Gasteiger charge is -2.37. The van der Waals surface area contributed by atoms with Gasteiger partial charge < -0.3 is 14.8 Å². The Morgan fingerprint density at radius 1 is 1.35 bits per heavy atom. The summed E-state index contributed by atoms with van der Waals surface area (Å²) in [6.45, 7) is 8.19. The van der Waals surface area contributed by atoms with Gasteiger partial charge in [-0.05, 0) is 30.7 Å². The van der Waals surface area contributed by atoms with Crippen LogP contribution in [0, 0.1) is 5.41 Å². The lowest BCUT2D eigenvalue weighted by Crippen LogP contribution is -2.50. The number of ether oxygens (including phenoxy) is 2. The molecule has 1 aromatic carbocycles. The second-order valence-electron chi connectivity index (χ2n) is 6.79. The van der Waals surface area contributed by atoms with Crippen LogP contribution < -0.4 is 5.32 Å². The smallest absolute Gasteiger partial charge is 0.164 e. The molecular weight excluding hydrogens is 274 g/mol. The predicted octanol–water partition coefficient (Wildman–Crippen LogP) is 3.32. The van der Waals surface area contributed by atoms with E-state index in [-0.39, 0.29) is 23.4 Å². The summed E-state index contributed by atoms with van der Waals surface area (Å²) in [5, 5.41) is 4.15. The zero-order valence-electron chi connectivity index (χ0n) is 12.3. The Morgan fingerprint density at radius 3 is 2.85 bits per heavy atom. The van der Waals surface area contributed by atoms with Gasteiger partial charge in [0.1, 0.15) is 11.7 Å². The first-order valence-electron chi connectivity index (χ1n) is 7.22. The van der Waals surface area contributed by atoms with E-state index in [9.17, 15) is 0 Å². The lowest BCUT2D eigenvalue weighted by molar-refractivity contribution is -0.149. The number of rotatable bonds is 1. The Bertz CT molecular complexity index is 499. The molecule has 2 aliphatic heterocycles. The highest BCUT2D eigenvalue weighted by atomic mass is 35.5. The van der Waals surface area contributed by atoms with Gasteiger partial charge in [-0.1, -0.05) is 44.5 Å². The molecule has 1 N–H and O–H groups in total. The number of fused-ring (bicyclic) bond motifs is 1. The molecule has 3 nitrogen and oxygen atoms in total. The van der Waals surface area contributed by atoms with Crippen LogP contribution in [0.4, 0.5) is 0 Å². The van der Waals surface area contributed by atoms with E-state index in [0.717, 1.165) is 30.1 Å². The van der Waals surface area contributed by atoms with Crippen molar-refractivity contribution in [2.75, 3.05) is 13.1 Å². The fourth-order valence-corrected chi connectivity index (χ4v) is 3.22. The first kappa shape index (κ1) is 14.3. The molecule has 0 spiro atoms. The van der Waals surface area contributed by atoms with Crippen molar-refractivity contribution < 1.29 is 9.47 Å². The topological polar surface area (TPSA) is 30.5 Å². The maximum atomic E-state index is 6.44. The number of nitrogens with one attached hydrogen (secondary N) is 1. The van der Waals surface area contributed by atoms with Gasteiger partial charge in [-0.3, -0.25) is 0 Å². The average Bonchev–Trinajstić information content (AvgIpc) is 2.79. The van der Waals surface area contributed by atoms with Crippen LogP contribution in [0.25, 0.3) is 0 Å². The van der Waals surface area contributed by atoms with Gasteiger partial charge in [-0.2, -0.15) is 0 Å². The minimum absolute atomic E-state index is 0.0388. The molecule has 3 rings (SSSR count). The van der Waals surface area contributed by atoms with Crippen LogP contribution >= 0.6 is 11.6 Å². The van der Waals surface area contributed by atoms with E-state index in [0.29, 0.717) is 0 Å². The molecule has 1 unspecified atom stereocenters. The number of benzene rings is 1. The molecule has 0 radical (unpaired) electrons. The summed E-state index contributed by atoms with van der Waals surface area (Å²) in [6, 6.07) is 7.99. The Labute approximate surface area is 125 Å². The number of hydrogen-bond acceptors (Lipinski definition) is 3. The standard InChI is InChI=1S/C16H22ClNO2/c1-15(2,3)14-19-13-10-18-8-7-16(13,20-14)11-5-4-6-12(17)9-11/h4-6,9,13-14,18H,7-8,10H2,1-3H3/t13-,14?,16-/m1/s1. The molecule has 20 heavy (non-hydrogen) atoms. The van der Waals surface area contributed by atoms with Gasteiger partial charge >= 0.3 is 0 Å². The highest BCUT2D eigenvalue weighted by Gasteiger charge is 2.54. The summed E-state index contributed by atoms with van der Waals surface area (Å²) in [4.78, 5) is 0. The molecule has 0 aliphatic carbocycles. The van der Waals surface area contributed by atoms with E-state index in [2.05, 4.69) is 32.2 Å². The minimum Gasteiger partial charge on any atom is -0.344 e. The monoisotopic (exact) mass is 295 g/mol. The maximum absolute atomic E-state index is 6.44. The predicted molar refractivity (Wildman–Crippen MR) is 79.8 cm³/mol. The summed E-state index contributed by atoms with van der Waals surface area (Å²) in [5.74, 6) is 0. The Hall–Kier alpha value is -0.610. The third kappa shape index (κ3) is 2.37. The largest absolute Gasteiger partial charge is 0.344 e. The summed E-state index contributed by atoms with van der Waals surface area (Å²) < 4.78 is 12.6. The number of hydrogen-bond donors (Lipinski definition) is 1. The molecular formula is C16H22ClNO2. The van der Waals surface area contributed by atoms with Gasteiger partial charge in [-0.15, -0.1) is 0 Å². The van der Waals surface area contributed by atoms with Crippen molar-refractivity contribution >= 4 is 11.6 Å². The van der Waals surface area contributed by atoms with Gasteiger partial charge in [0, 0.05) is 17.0 Å². The second kappa shape index (κ2) is 4.99. The van der Waals surface area contributed by atoms with E-state index < -0.39 is 0 Å². The number of halogens is 1. The highest BCUT2D eigenvalue weighted by molar-refractivity contribution is 6.30. The normalized spacial score (nSPS) is 34.0. The van der Waals surface area contributed by atoms with Gasteiger partial charge in [0.05, 0.1) is 0 Å². The second-order valence-corrected chi connectivity index (χ2v) is 7.23. The summed E-state index contributed by atoms with van der Waals surface area (Å²) in [6.07, 6.45) is 0.759. The molecule has 0 aromatic heterocycles. The molecule has 110 valence electrons. The zero-order valence-corrected chi connectivity index (χ0v) is 13.0. The van der Waals surface area contributed by atoms with Crippen molar-refractivity contribution in [3.63, 3.8) is 0 Å². The first-order valence-corrected chi connectivity index (χ1v) is 7.60. The maximum Gasteiger partial charge on any atom is 0.164 e. The molecule has 2 aliphatic rings. The molecule has 0 saturated carbocycles. The first-order chi connectivity index (χ1) is 9.42. The highest BCUT2D eigenvalue weighted by Crippen LogP contribution is 2.47. The van der Waals surface area contributed by atoms with Crippen LogP contribution in [0.2, 0.25) is 5.02 Å². The van der Waals surface area contributed by atoms with Crippen LogP contribution in [0.1, 0.15) is 32.8 Å². The van der Waals surface area contributed by atoms with Crippen molar-refractivity contribution in [1.29, 1.82) is 0 Å². The van der Waals surface area contributed by atoms with E-state index in [1.807, 2.05) is 18.2 Å². The van der Waals surface area contributed by atoms with E-state index in [4.69, 9.17) is 21.1 Å². The summed E-state index contributed by atoms with van der Waals surface area (Å²) in [7, 11) is 0. The quantitative estimate of drug-likeness (QED) is 0.862. The minimum atomic E-state index is -0.367. The van der Waals surface area contributed by atoms with Crippen LogP contribution in [-0.2, 0) is 15.1 Å². The van der Waals surface area contributed by atoms with Crippen molar-refractivity contribution in [3.8, 4) is 0 Å². The molecule has 3 atom stereocenters. The van der Waals surface area contributed by atoms with Crippen LogP contribution in [0.3, 0.4) is 0 Å². The SMILES string of the molecule is CC(C)(C)C1O[C@@H]2CNCC[C@]2(c2cccc(Cl)c2)O1. The fraction of sp³-hybridized carbons (Fsp3) is 0.625. The molecule has 0 bridgehead atoms. The van der Waals surface area contributed by atoms with Crippen LogP contribution in [0.5, 0.6) is 0 Å². The third-order valence-corrected chi connectivity index (χ3v) is 4.38. The van der Waals surface area contributed by atoms with Crippen LogP contribution in [0.15, 0.2) is 24.3 Å². The van der Waals surface area contributed by atoms with Gasteiger partial charge in [-0.25, -0.2) is 0 Å². The summed E-state index contributed by atoms with van der Waals surface area (Å²) >= 11 is 6.17. The Kier molecular flexibility index (Phi) is 3.57. The van der Waals surface area contributed by atoms with Crippen LogP contribution in [-0.4, -0.2) is 25.5 Å². The Balaban J connectivity index is 1.99. The zero-order chi connectivity index (χ0) is 14.4. The number of piperidine rings is 1. The van der Waals surface area contributed by atoms with E-state index in [1.54, 1.807) is 0 Å². The van der Waals surface area contributed by atoms with Gasteiger partial charge in [0.15, 0.2) is 6.29 Å². The Morgan fingerprint density at radius 2 is 2.15 bits per heavy atom. The van der Waals surface area contributed by atoms with Gasteiger partial charge in [0.25, 0.3) is 0 Å². The van der Waals surface area contributed by atoms with Crippen molar-refractivity contribution in [1.82, 2.24) is 5.32 Å². The van der Waals surface area contributed by atoms with Crippen molar-refractivity contribution in [2.45, 2.75) is 45.2 Å². The molecule has 4 heteroatoms. The van der Waals surface area contributed by atoms with Gasteiger partial charge in [0.2, 0.25) is 0 Å².